The molecule has 0 atom stereocenters. The molecule has 5 nitrogen and oxygen atoms in total. The van der Waals surface area contributed by atoms with E-state index in [1.807, 2.05) is 0 Å². The average Bonchev–Trinajstić information content (AvgIpc) is 2.78. The Morgan fingerprint density at radius 2 is 1.55 bits per heavy atom. The van der Waals surface area contributed by atoms with E-state index in [2.05, 4.69) is 15.3 Å². The molecule has 0 bridgehead atoms. The van der Waals surface area contributed by atoms with Gasteiger partial charge in [-0.05, 0) is 54.6 Å². The van der Waals surface area contributed by atoms with Gasteiger partial charge >= 0.3 is 6.18 Å². The lowest BCUT2D eigenvalue weighted by molar-refractivity contribution is -0.137. The van der Waals surface area contributed by atoms with Crippen LogP contribution in [0.15, 0.2) is 67.0 Å². The van der Waals surface area contributed by atoms with Crippen LogP contribution in [0.5, 0.6) is 0 Å². The van der Waals surface area contributed by atoms with Gasteiger partial charge in [0.2, 0.25) is 0 Å². The quantitative estimate of drug-likeness (QED) is 0.295. The van der Waals surface area contributed by atoms with E-state index in [-0.39, 0.29) is 22.4 Å². The van der Waals surface area contributed by atoms with Gasteiger partial charge in [-0.2, -0.15) is 13.2 Å². The minimum absolute atomic E-state index is 0.0707. The van der Waals surface area contributed by atoms with Crippen molar-refractivity contribution in [2.45, 2.75) is 6.18 Å². The second kappa shape index (κ2) is 8.59. The number of ketones is 1. The summed E-state index contributed by atoms with van der Waals surface area (Å²) in [5, 5.41) is 1.79. The number of rotatable bonds is 4. The third-order valence-electron chi connectivity index (χ3n) is 4.74. The lowest BCUT2D eigenvalue weighted by Gasteiger charge is -2.11. The zero-order valence-corrected chi connectivity index (χ0v) is 17.2. The highest BCUT2D eigenvalue weighted by atomic mass is 35.5. The molecule has 4 aromatic rings. The molecular weight excluding hydrogens is 462 g/mol. The molecule has 1 aromatic heterocycles. The summed E-state index contributed by atoms with van der Waals surface area (Å²) in [6, 6.07) is 10.4. The number of benzene rings is 3. The molecule has 3 aromatic carbocycles. The second-order valence-corrected chi connectivity index (χ2v) is 7.34. The van der Waals surface area contributed by atoms with Crippen LogP contribution < -0.4 is 5.32 Å². The van der Waals surface area contributed by atoms with Gasteiger partial charge in [0.25, 0.3) is 5.91 Å². The van der Waals surface area contributed by atoms with Crippen LogP contribution >= 0.6 is 11.6 Å². The lowest BCUT2D eigenvalue weighted by atomic mass is 10.0. The van der Waals surface area contributed by atoms with Gasteiger partial charge in [0, 0.05) is 29.2 Å². The van der Waals surface area contributed by atoms with Crippen LogP contribution in [0.3, 0.4) is 0 Å². The fourth-order valence-electron chi connectivity index (χ4n) is 3.13. The topological polar surface area (TPSA) is 72.0 Å². The molecule has 0 aliphatic rings. The monoisotopic (exact) mass is 473 g/mol. The standard InChI is InChI=1S/C23H12ClF4N3O2/c24-17-9-13(1-4-16(17)23(26,27)28)22(33)31-14-3-5-18(25)15(11-14)21(32)12-2-6-19-20(10-12)30-8-7-29-19/h1-11H,(H,31,33). The van der Waals surface area contributed by atoms with E-state index in [0.717, 1.165) is 24.3 Å². The summed E-state index contributed by atoms with van der Waals surface area (Å²) in [4.78, 5) is 33.6. The maximum absolute atomic E-state index is 14.4. The van der Waals surface area contributed by atoms with Gasteiger partial charge in [-0.15, -0.1) is 0 Å². The molecule has 0 aliphatic carbocycles. The Labute approximate surface area is 189 Å². The Kier molecular flexibility index (Phi) is 5.82. The highest BCUT2D eigenvalue weighted by Gasteiger charge is 2.33. The number of carbonyl (C=O) groups excluding carboxylic acids is 2. The first kappa shape index (κ1) is 22.3. The molecule has 1 amide bonds. The molecule has 0 aliphatic heterocycles. The molecule has 0 fully saturated rings. The van der Waals surface area contributed by atoms with Gasteiger partial charge in [0.05, 0.1) is 27.2 Å². The number of hydrogen-bond donors (Lipinski definition) is 1. The van der Waals surface area contributed by atoms with Crippen LogP contribution in [0, 0.1) is 5.82 Å². The largest absolute Gasteiger partial charge is 0.417 e. The minimum atomic E-state index is -4.66. The van der Waals surface area contributed by atoms with Crippen molar-refractivity contribution in [1.82, 2.24) is 9.97 Å². The number of aromatic nitrogens is 2. The zero-order valence-electron chi connectivity index (χ0n) is 16.5. The predicted octanol–water partition coefficient (Wildman–Crippen LogP) is 5.92. The third-order valence-corrected chi connectivity index (χ3v) is 5.05. The van der Waals surface area contributed by atoms with Crippen molar-refractivity contribution < 1.29 is 27.2 Å². The number of anilines is 1. The molecule has 1 heterocycles. The van der Waals surface area contributed by atoms with Gasteiger partial charge in [-0.1, -0.05) is 11.6 Å². The summed E-state index contributed by atoms with van der Waals surface area (Å²) in [7, 11) is 0. The van der Waals surface area contributed by atoms with Crippen molar-refractivity contribution in [3.63, 3.8) is 0 Å². The Balaban J connectivity index is 1.60. The zero-order chi connectivity index (χ0) is 23.8. The summed E-state index contributed by atoms with van der Waals surface area (Å²) in [6.45, 7) is 0. The average molecular weight is 474 g/mol. The molecular formula is C23H12ClF4N3O2. The third kappa shape index (κ3) is 4.68. The van der Waals surface area contributed by atoms with E-state index in [1.165, 1.54) is 30.6 Å². The maximum Gasteiger partial charge on any atom is 0.417 e. The van der Waals surface area contributed by atoms with Crippen LogP contribution in [0.4, 0.5) is 23.2 Å². The Hall–Kier alpha value is -3.85. The number of nitrogens with zero attached hydrogens (tertiary/aromatic N) is 2. The molecule has 1 N–H and O–H groups in total. The van der Waals surface area contributed by atoms with Crippen LogP contribution in [0.2, 0.25) is 5.02 Å². The summed E-state index contributed by atoms with van der Waals surface area (Å²) in [5.74, 6) is -2.24. The Morgan fingerprint density at radius 1 is 0.848 bits per heavy atom. The first-order chi connectivity index (χ1) is 15.6. The molecule has 166 valence electrons. The predicted molar refractivity (Wildman–Crippen MR) is 114 cm³/mol. The second-order valence-electron chi connectivity index (χ2n) is 6.93. The fourth-order valence-corrected chi connectivity index (χ4v) is 3.41. The summed E-state index contributed by atoms with van der Waals surface area (Å²) in [6.07, 6.45) is -1.70. The first-order valence-electron chi connectivity index (χ1n) is 9.36. The van der Waals surface area contributed by atoms with Gasteiger partial charge < -0.3 is 5.32 Å². The van der Waals surface area contributed by atoms with E-state index in [0.29, 0.717) is 17.1 Å². The fraction of sp³-hybridized carbons (Fsp3) is 0.0435. The van der Waals surface area contributed by atoms with Crippen molar-refractivity contribution in [3.05, 3.63) is 100 Å². The van der Waals surface area contributed by atoms with Gasteiger partial charge in [-0.3, -0.25) is 19.6 Å². The van der Waals surface area contributed by atoms with Crippen molar-refractivity contribution >= 4 is 40.0 Å². The SMILES string of the molecule is O=C(Nc1ccc(F)c(C(=O)c2ccc3nccnc3c2)c1)c1ccc(C(F)(F)F)c(Cl)c1. The molecule has 0 saturated heterocycles. The van der Waals surface area contributed by atoms with Crippen LogP contribution in [0.25, 0.3) is 11.0 Å². The number of amides is 1. The van der Waals surface area contributed by atoms with Crippen molar-refractivity contribution in [2.24, 2.45) is 0 Å². The molecule has 0 unspecified atom stereocenters. The molecule has 33 heavy (non-hydrogen) atoms. The van der Waals surface area contributed by atoms with Gasteiger partial charge in [0.15, 0.2) is 5.78 Å². The van der Waals surface area contributed by atoms with E-state index in [1.54, 1.807) is 6.07 Å². The van der Waals surface area contributed by atoms with Gasteiger partial charge in [-0.25, -0.2) is 4.39 Å². The highest BCUT2D eigenvalue weighted by Crippen LogP contribution is 2.35. The normalized spacial score (nSPS) is 11.4. The van der Waals surface area contributed by atoms with Crippen molar-refractivity contribution in [3.8, 4) is 0 Å². The summed E-state index contributed by atoms with van der Waals surface area (Å²) in [5.41, 5.74) is -0.269. The number of halogens is 5. The van der Waals surface area contributed by atoms with E-state index in [4.69, 9.17) is 11.6 Å². The number of fused-ring (bicyclic) bond motifs is 1. The summed E-state index contributed by atoms with van der Waals surface area (Å²) >= 11 is 5.65. The first-order valence-corrected chi connectivity index (χ1v) is 9.74. The molecule has 0 saturated carbocycles. The summed E-state index contributed by atoms with van der Waals surface area (Å²) < 4.78 is 53.0. The molecule has 4 rings (SSSR count). The lowest BCUT2D eigenvalue weighted by Crippen LogP contribution is -2.14. The van der Waals surface area contributed by atoms with E-state index in [9.17, 15) is 27.2 Å². The smallest absolute Gasteiger partial charge is 0.322 e. The maximum atomic E-state index is 14.4. The highest BCUT2D eigenvalue weighted by molar-refractivity contribution is 6.32. The van der Waals surface area contributed by atoms with Gasteiger partial charge in [0.1, 0.15) is 5.82 Å². The molecule has 0 spiro atoms. The Morgan fingerprint density at radius 3 is 2.24 bits per heavy atom. The van der Waals surface area contributed by atoms with Crippen molar-refractivity contribution in [1.29, 1.82) is 0 Å². The van der Waals surface area contributed by atoms with Crippen molar-refractivity contribution in [2.75, 3.05) is 5.32 Å². The molecule has 0 radical (unpaired) electrons. The van der Waals surface area contributed by atoms with E-state index < -0.39 is 34.3 Å². The van der Waals surface area contributed by atoms with E-state index >= 15 is 0 Å². The number of carbonyl (C=O) groups is 2. The number of alkyl halides is 3. The van der Waals surface area contributed by atoms with Crippen LogP contribution in [0.1, 0.15) is 31.8 Å². The molecule has 10 heteroatoms. The van der Waals surface area contributed by atoms with Crippen LogP contribution in [-0.4, -0.2) is 21.7 Å². The number of nitrogens with one attached hydrogen (secondary N) is 1. The number of hydrogen-bond acceptors (Lipinski definition) is 4. The minimum Gasteiger partial charge on any atom is -0.322 e. The Bertz CT molecular complexity index is 1410. The van der Waals surface area contributed by atoms with Crippen LogP contribution in [-0.2, 0) is 6.18 Å².